The minimum Gasteiger partial charge on any atom is -0.316 e. The third-order valence-electron chi connectivity index (χ3n) is 4.02. The molecule has 0 N–H and O–H groups in total. The van der Waals surface area contributed by atoms with Crippen LogP contribution in [0.25, 0.3) is 27.7 Å². The minimum atomic E-state index is -0.290. The predicted octanol–water partition coefficient (Wildman–Crippen LogP) is 4.19. The average Bonchev–Trinajstić information content (AvgIpc) is 2.63. The van der Waals surface area contributed by atoms with Crippen molar-refractivity contribution < 1.29 is 4.39 Å². The van der Waals surface area contributed by atoms with Crippen molar-refractivity contribution in [2.75, 3.05) is 0 Å². The number of aromatic nitrogens is 2. The molecule has 0 aliphatic rings. The molecule has 0 aliphatic heterocycles. The molecular weight excluding hydrogens is 303 g/mol. The van der Waals surface area contributed by atoms with Crippen molar-refractivity contribution in [2.24, 2.45) is 0 Å². The van der Waals surface area contributed by atoms with E-state index in [0.29, 0.717) is 5.39 Å². The van der Waals surface area contributed by atoms with Crippen molar-refractivity contribution >= 4 is 10.9 Å². The Morgan fingerprint density at radius 2 is 1.58 bits per heavy atom. The van der Waals surface area contributed by atoms with Gasteiger partial charge in [0.05, 0.1) is 5.52 Å². The van der Waals surface area contributed by atoms with Gasteiger partial charge < -0.3 is 4.57 Å². The number of halogens is 1. The lowest BCUT2D eigenvalue weighted by Crippen LogP contribution is -2.06. The number of nitrogens with zero attached hydrogens (tertiary/aromatic N) is 2. The number of benzene rings is 2. The second-order valence-electron chi connectivity index (χ2n) is 5.49. The van der Waals surface area contributed by atoms with Gasteiger partial charge in [-0.15, -0.1) is 0 Å². The van der Waals surface area contributed by atoms with Crippen LogP contribution >= 0.6 is 0 Å². The molecule has 2 aromatic carbocycles. The highest BCUT2D eigenvalue weighted by molar-refractivity contribution is 5.85. The highest BCUT2D eigenvalue weighted by atomic mass is 19.1. The van der Waals surface area contributed by atoms with Crippen LogP contribution in [0.1, 0.15) is 0 Å². The number of fused-ring (bicyclic) bond motifs is 1. The Labute approximate surface area is 137 Å². The summed E-state index contributed by atoms with van der Waals surface area (Å²) >= 11 is 0. The second-order valence-corrected chi connectivity index (χ2v) is 5.49. The molecule has 3 nitrogen and oxygen atoms in total. The predicted molar refractivity (Wildman–Crippen MR) is 92.7 cm³/mol. The van der Waals surface area contributed by atoms with E-state index in [1.54, 1.807) is 30.7 Å². The smallest absolute Gasteiger partial charge is 0.189 e. The quantitative estimate of drug-likeness (QED) is 0.556. The summed E-state index contributed by atoms with van der Waals surface area (Å²) in [5.41, 5.74) is 3.56. The average molecular weight is 316 g/mol. The molecule has 0 fully saturated rings. The molecule has 4 rings (SSSR count). The molecule has 24 heavy (non-hydrogen) atoms. The van der Waals surface area contributed by atoms with Crippen molar-refractivity contribution in [1.82, 2.24) is 9.55 Å². The van der Waals surface area contributed by atoms with Crippen molar-refractivity contribution in [3.05, 3.63) is 95.3 Å². The van der Waals surface area contributed by atoms with E-state index in [1.807, 2.05) is 34.9 Å². The maximum absolute atomic E-state index is 13.2. The van der Waals surface area contributed by atoms with Crippen LogP contribution in [0.4, 0.5) is 4.39 Å². The van der Waals surface area contributed by atoms with Gasteiger partial charge in [-0.3, -0.25) is 9.78 Å². The van der Waals surface area contributed by atoms with Crippen LogP contribution in [0.2, 0.25) is 0 Å². The zero-order valence-electron chi connectivity index (χ0n) is 12.7. The fourth-order valence-electron chi connectivity index (χ4n) is 2.80. The highest BCUT2D eigenvalue weighted by Crippen LogP contribution is 2.24. The third kappa shape index (κ3) is 2.48. The molecule has 4 heteroatoms. The summed E-state index contributed by atoms with van der Waals surface area (Å²) in [7, 11) is 0. The monoisotopic (exact) mass is 316 g/mol. The van der Waals surface area contributed by atoms with Crippen LogP contribution in [0.15, 0.2) is 84.0 Å². The van der Waals surface area contributed by atoms with Crippen LogP contribution in [0, 0.1) is 5.82 Å². The summed E-state index contributed by atoms with van der Waals surface area (Å²) in [5, 5.41) is 0.625. The van der Waals surface area contributed by atoms with Gasteiger partial charge in [0.15, 0.2) is 5.43 Å². The first-order valence-corrected chi connectivity index (χ1v) is 7.54. The molecule has 0 radical (unpaired) electrons. The number of hydrogen-bond acceptors (Lipinski definition) is 2. The van der Waals surface area contributed by atoms with E-state index in [1.165, 1.54) is 18.2 Å². The standard InChI is InChI=1S/C20H13FN2O/c21-16-2-4-17(5-3-16)23-12-9-20(24)18-6-1-15(13-19(18)23)14-7-10-22-11-8-14/h1-13H. The number of pyridine rings is 2. The second kappa shape index (κ2) is 5.74. The molecule has 0 saturated carbocycles. The highest BCUT2D eigenvalue weighted by Gasteiger charge is 2.07. The topological polar surface area (TPSA) is 34.9 Å². The summed E-state index contributed by atoms with van der Waals surface area (Å²) in [6, 6.07) is 17.3. The first-order chi connectivity index (χ1) is 11.7. The lowest BCUT2D eigenvalue weighted by molar-refractivity contribution is 0.627. The Morgan fingerprint density at radius 1 is 0.833 bits per heavy atom. The Morgan fingerprint density at radius 3 is 2.33 bits per heavy atom. The lowest BCUT2D eigenvalue weighted by Gasteiger charge is -2.12. The van der Waals surface area contributed by atoms with E-state index in [0.717, 1.165) is 22.3 Å². The summed E-state index contributed by atoms with van der Waals surface area (Å²) in [6.07, 6.45) is 5.18. The largest absolute Gasteiger partial charge is 0.316 e. The van der Waals surface area contributed by atoms with E-state index in [9.17, 15) is 9.18 Å². The Balaban J connectivity index is 1.99. The molecule has 0 aliphatic carbocycles. The van der Waals surface area contributed by atoms with E-state index in [2.05, 4.69) is 4.98 Å². The zero-order valence-corrected chi connectivity index (χ0v) is 12.7. The minimum absolute atomic E-state index is 0.0374. The van der Waals surface area contributed by atoms with Gasteiger partial charge in [0.25, 0.3) is 0 Å². The molecule has 0 unspecified atom stereocenters. The maximum Gasteiger partial charge on any atom is 0.189 e. The fourth-order valence-corrected chi connectivity index (χ4v) is 2.80. The Hall–Kier alpha value is -3.27. The molecule has 2 aromatic heterocycles. The molecule has 0 atom stereocenters. The van der Waals surface area contributed by atoms with Gasteiger partial charge >= 0.3 is 0 Å². The van der Waals surface area contributed by atoms with Gasteiger partial charge in [0.1, 0.15) is 5.82 Å². The van der Waals surface area contributed by atoms with Crippen molar-refractivity contribution in [3.63, 3.8) is 0 Å². The maximum atomic E-state index is 13.2. The van der Waals surface area contributed by atoms with Gasteiger partial charge in [-0.05, 0) is 59.7 Å². The number of rotatable bonds is 2. The van der Waals surface area contributed by atoms with Gasteiger partial charge in [-0.2, -0.15) is 0 Å². The Kier molecular flexibility index (Phi) is 3.43. The molecule has 116 valence electrons. The molecule has 4 aromatic rings. The fraction of sp³-hybridized carbons (Fsp3) is 0. The lowest BCUT2D eigenvalue weighted by atomic mass is 10.0. The molecule has 0 bridgehead atoms. The molecular formula is C20H13FN2O. The van der Waals surface area contributed by atoms with Gasteiger partial charge in [-0.25, -0.2) is 4.39 Å². The van der Waals surface area contributed by atoms with Crippen molar-refractivity contribution in [3.8, 4) is 16.8 Å². The van der Waals surface area contributed by atoms with E-state index < -0.39 is 0 Å². The molecule has 0 amide bonds. The first kappa shape index (κ1) is 14.3. The molecule has 0 spiro atoms. The normalized spacial score (nSPS) is 10.9. The van der Waals surface area contributed by atoms with Gasteiger partial charge in [0.2, 0.25) is 0 Å². The van der Waals surface area contributed by atoms with E-state index >= 15 is 0 Å². The summed E-state index contributed by atoms with van der Waals surface area (Å²) in [4.78, 5) is 16.2. The SMILES string of the molecule is O=c1ccn(-c2ccc(F)cc2)c2cc(-c3ccncc3)ccc12. The van der Waals surface area contributed by atoms with E-state index in [-0.39, 0.29) is 11.2 Å². The summed E-state index contributed by atoms with van der Waals surface area (Å²) in [5.74, 6) is -0.290. The van der Waals surface area contributed by atoms with Gasteiger partial charge in [-0.1, -0.05) is 6.07 Å². The Bertz CT molecular complexity index is 1070. The van der Waals surface area contributed by atoms with Crippen molar-refractivity contribution in [2.45, 2.75) is 0 Å². The summed E-state index contributed by atoms with van der Waals surface area (Å²) < 4.78 is 15.1. The van der Waals surface area contributed by atoms with Gasteiger partial charge in [0, 0.05) is 35.7 Å². The van der Waals surface area contributed by atoms with Crippen molar-refractivity contribution in [1.29, 1.82) is 0 Å². The molecule has 0 saturated heterocycles. The third-order valence-corrected chi connectivity index (χ3v) is 4.02. The van der Waals surface area contributed by atoms with Crippen LogP contribution in [0.3, 0.4) is 0 Å². The van der Waals surface area contributed by atoms with Crippen LogP contribution < -0.4 is 5.43 Å². The van der Waals surface area contributed by atoms with Crippen LogP contribution in [-0.2, 0) is 0 Å². The summed E-state index contributed by atoms with van der Waals surface area (Å²) in [6.45, 7) is 0. The number of hydrogen-bond donors (Lipinski definition) is 0. The first-order valence-electron chi connectivity index (χ1n) is 7.54. The zero-order chi connectivity index (χ0) is 16.5. The van der Waals surface area contributed by atoms with Crippen LogP contribution in [-0.4, -0.2) is 9.55 Å². The van der Waals surface area contributed by atoms with E-state index in [4.69, 9.17) is 0 Å². The van der Waals surface area contributed by atoms with Crippen LogP contribution in [0.5, 0.6) is 0 Å². The molecule has 2 heterocycles.